The number of ether oxygens (including phenoxy) is 2. The molecule has 0 unspecified atom stereocenters. The van der Waals surface area contributed by atoms with Crippen molar-refractivity contribution in [2.75, 3.05) is 7.11 Å². The molecule has 2 rings (SSSR count). The average Bonchev–Trinajstić information content (AvgIpc) is 2.67. The van der Waals surface area contributed by atoms with Crippen LogP contribution in [0.15, 0.2) is 39.9 Å². The van der Waals surface area contributed by atoms with Gasteiger partial charge in [-0.25, -0.2) is 5.43 Å². The summed E-state index contributed by atoms with van der Waals surface area (Å²) >= 11 is 15.8. The van der Waals surface area contributed by atoms with E-state index in [1.165, 1.54) is 13.3 Å². The summed E-state index contributed by atoms with van der Waals surface area (Å²) < 4.78 is 11.8. The summed E-state index contributed by atoms with van der Waals surface area (Å²) in [7, 11) is 1.50. The van der Waals surface area contributed by atoms with Crippen molar-refractivity contribution in [3.8, 4) is 11.5 Å². The SMILES string of the molecule is COc1cc(/C=N\NC(=O)C(=O)NC(C)C)cc(Br)c1OCc1c(Cl)cccc1Cl. The van der Waals surface area contributed by atoms with Crippen LogP contribution in [0.5, 0.6) is 11.5 Å². The molecule has 0 radical (unpaired) electrons. The molecular formula is C20H20BrCl2N3O4. The molecule has 2 aromatic carbocycles. The van der Waals surface area contributed by atoms with Crippen LogP contribution in [0.2, 0.25) is 10.0 Å². The van der Waals surface area contributed by atoms with Gasteiger partial charge in [0.25, 0.3) is 0 Å². The molecule has 30 heavy (non-hydrogen) atoms. The summed E-state index contributed by atoms with van der Waals surface area (Å²) in [6.45, 7) is 3.64. The van der Waals surface area contributed by atoms with Crippen LogP contribution in [0, 0.1) is 0 Å². The quantitative estimate of drug-likeness (QED) is 0.326. The molecule has 2 amide bonds. The largest absolute Gasteiger partial charge is 0.493 e. The van der Waals surface area contributed by atoms with Crippen molar-refractivity contribution in [3.63, 3.8) is 0 Å². The molecule has 0 heterocycles. The van der Waals surface area contributed by atoms with E-state index in [-0.39, 0.29) is 12.6 Å². The Hall–Kier alpha value is -2.29. The Bertz CT molecular complexity index is 947. The Balaban J connectivity index is 2.11. The fourth-order valence-corrected chi connectivity index (χ4v) is 3.39. The fraction of sp³-hybridized carbons (Fsp3) is 0.250. The second-order valence-corrected chi connectivity index (χ2v) is 8.02. The minimum absolute atomic E-state index is 0.141. The topological polar surface area (TPSA) is 89.0 Å². The summed E-state index contributed by atoms with van der Waals surface area (Å²) in [5, 5.41) is 7.27. The maximum Gasteiger partial charge on any atom is 0.329 e. The third-order valence-corrected chi connectivity index (χ3v) is 4.98. The third-order valence-electron chi connectivity index (χ3n) is 3.68. The van der Waals surface area contributed by atoms with Gasteiger partial charge in [-0.2, -0.15) is 5.10 Å². The Morgan fingerprint density at radius 3 is 2.47 bits per heavy atom. The zero-order chi connectivity index (χ0) is 22.3. The van der Waals surface area contributed by atoms with E-state index >= 15 is 0 Å². The Kier molecular flexibility index (Phi) is 8.95. The lowest BCUT2D eigenvalue weighted by Crippen LogP contribution is -2.41. The molecule has 160 valence electrons. The number of nitrogens with zero attached hydrogens (tertiary/aromatic N) is 1. The van der Waals surface area contributed by atoms with Gasteiger partial charge < -0.3 is 14.8 Å². The van der Waals surface area contributed by atoms with Crippen LogP contribution in [0.25, 0.3) is 0 Å². The molecule has 0 aliphatic carbocycles. The first-order valence-electron chi connectivity index (χ1n) is 8.80. The third kappa shape index (κ3) is 6.62. The second kappa shape index (κ2) is 11.2. The van der Waals surface area contributed by atoms with Crippen LogP contribution >= 0.6 is 39.1 Å². The van der Waals surface area contributed by atoms with Gasteiger partial charge in [0, 0.05) is 21.7 Å². The number of amides is 2. The van der Waals surface area contributed by atoms with Gasteiger partial charge in [0.2, 0.25) is 0 Å². The molecule has 0 aliphatic heterocycles. The highest BCUT2D eigenvalue weighted by molar-refractivity contribution is 9.10. The van der Waals surface area contributed by atoms with Crippen LogP contribution in [-0.2, 0) is 16.2 Å². The minimum Gasteiger partial charge on any atom is -0.493 e. The molecule has 2 N–H and O–H groups in total. The van der Waals surface area contributed by atoms with Crippen LogP contribution in [-0.4, -0.2) is 31.2 Å². The van der Waals surface area contributed by atoms with Gasteiger partial charge in [0.1, 0.15) is 6.61 Å². The molecule has 0 aromatic heterocycles. The number of benzene rings is 2. The first kappa shape index (κ1) is 24.0. The maximum absolute atomic E-state index is 11.7. The van der Waals surface area contributed by atoms with Gasteiger partial charge in [0.05, 0.1) is 17.8 Å². The van der Waals surface area contributed by atoms with Gasteiger partial charge in [-0.3, -0.25) is 9.59 Å². The number of hydrogen-bond acceptors (Lipinski definition) is 5. The van der Waals surface area contributed by atoms with E-state index in [1.54, 1.807) is 44.2 Å². The number of carbonyl (C=O) groups excluding carboxylic acids is 2. The van der Waals surface area contributed by atoms with Crippen molar-refractivity contribution in [3.05, 3.63) is 56.0 Å². The normalized spacial score (nSPS) is 10.9. The molecule has 0 saturated heterocycles. The monoisotopic (exact) mass is 515 g/mol. The number of methoxy groups -OCH3 is 1. The summed E-state index contributed by atoms with van der Waals surface area (Å²) in [4.78, 5) is 23.2. The van der Waals surface area contributed by atoms with Gasteiger partial charge in [-0.15, -0.1) is 0 Å². The maximum atomic E-state index is 11.7. The lowest BCUT2D eigenvalue weighted by Gasteiger charge is -2.14. The van der Waals surface area contributed by atoms with E-state index in [0.717, 1.165) is 0 Å². The Morgan fingerprint density at radius 2 is 1.87 bits per heavy atom. The molecule has 0 bridgehead atoms. The van der Waals surface area contributed by atoms with E-state index in [0.29, 0.717) is 37.1 Å². The molecule has 0 spiro atoms. The van der Waals surface area contributed by atoms with Crippen LogP contribution in [0.3, 0.4) is 0 Å². The highest BCUT2D eigenvalue weighted by atomic mass is 79.9. The number of hydrogen-bond donors (Lipinski definition) is 2. The van der Waals surface area contributed by atoms with Crippen molar-refractivity contribution in [2.45, 2.75) is 26.5 Å². The molecule has 2 aromatic rings. The minimum atomic E-state index is -0.859. The molecule has 10 heteroatoms. The summed E-state index contributed by atoms with van der Waals surface area (Å²) in [5.41, 5.74) is 3.43. The predicted octanol–water partition coefficient (Wildman–Crippen LogP) is 4.32. The number of carbonyl (C=O) groups is 2. The summed E-state index contributed by atoms with van der Waals surface area (Å²) in [6, 6.07) is 8.44. The summed E-state index contributed by atoms with van der Waals surface area (Å²) in [6.07, 6.45) is 1.38. The number of hydrazone groups is 1. The number of rotatable bonds is 7. The molecule has 0 aliphatic rings. The zero-order valence-corrected chi connectivity index (χ0v) is 19.6. The van der Waals surface area contributed by atoms with Crippen LogP contribution in [0.4, 0.5) is 0 Å². The van der Waals surface area contributed by atoms with E-state index in [1.807, 2.05) is 0 Å². The van der Waals surface area contributed by atoms with E-state index in [4.69, 9.17) is 32.7 Å². The van der Waals surface area contributed by atoms with E-state index in [9.17, 15) is 9.59 Å². The lowest BCUT2D eigenvalue weighted by atomic mass is 10.2. The standard InChI is InChI=1S/C20H20BrCl2N3O4/c1-11(2)25-19(27)20(28)26-24-9-12-7-14(21)18(17(8-12)29-3)30-10-13-15(22)5-4-6-16(13)23/h4-9,11H,10H2,1-3H3,(H,25,27)(H,26,28)/b24-9-. The van der Waals surface area contributed by atoms with Gasteiger partial charge >= 0.3 is 11.8 Å². The Labute approximate surface area is 192 Å². The molecule has 0 fully saturated rings. The predicted molar refractivity (Wildman–Crippen MR) is 121 cm³/mol. The molecule has 0 saturated carbocycles. The molecular weight excluding hydrogens is 497 g/mol. The lowest BCUT2D eigenvalue weighted by molar-refractivity contribution is -0.139. The van der Waals surface area contributed by atoms with Crippen molar-refractivity contribution in [2.24, 2.45) is 5.10 Å². The first-order valence-corrected chi connectivity index (χ1v) is 10.3. The van der Waals surface area contributed by atoms with E-state index < -0.39 is 11.8 Å². The highest BCUT2D eigenvalue weighted by Crippen LogP contribution is 2.37. The smallest absolute Gasteiger partial charge is 0.329 e. The van der Waals surface area contributed by atoms with Gasteiger partial charge in [0.15, 0.2) is 11.5 Å². The summed E-state index contributed by atoms with van der Waals surface area (Å²) in [5.74, 6) is -0.741. The van der Waals surface area contributed by atoms with Crippen molar-refractivity contribution >= 4 is 57.2 Å². The molecule has 0 atom stereocenters. The van der Waals surface area contributed by atoms with E-state index in [2.05, 4.69) is 31.8 Å². The van der Waals surface area contributed by atoms with Gasteiger partial charge in [-0.05, 0) is 59.6 Å². The zero-order valence-electron chi connectivity index (χ0n) is 16.5. The van der Waals surface area contributed by atoms with Crippen molar-refractivity contribution in [1.82, 2.24) is 10.7 Å². The molecule has 7 nitrogen and oxygen atoms in total. The first-order chi connectivity index (χ1) is 14.2. The number of nitrogens with one attached hydrogen (secondary N) is 2. The second-order valence-electron chi connectivity index (χ2n) is 6.35. The highest BCUT2D eigenvalue weighted by Gasteiger charge is 2.15. The van der Waals surface area contributed by atoms with Crippen LogP contribution < -0.4 is 20.2 Å². The van der Waals surface area contributed by atoms with Crippen molar-refractivity contribution in [1.29, 1.82) is 0 Å². The Morgan fingerprint density at radius 1 is 1.20 bits per heavy atom. The fourth-order valence-electron chi connectivity index (χ4n) is 2.31. The van der Waals surface area contributed by atoms with Gasteiger partial charge in [-0.1, -0.05) is 29.3 Å². The van der Waals surface area contributed by atoms with Crippen molar-refractivity contribution < 1.29 is 19.1 Å². The average molecular weight is 517 g/mol. The number of halogens is 3. The van der Waals surface area contributed by atoms with Crippen LogP contribution in [0.1, 0.15) is 25.0 Å².